The highest BCUT2D eigenvalue weighted by molar-refractivity contribution is 5.79. The van der Waals surface area contributed by atoms with Crippen LogP contribution in [0.4, 0.5) is 0 Å². The Bertz CT molecular complexity index is 416. The largest absolute Gasteiger partial charge is 0.508 e. The van der Waals surface area contributed by atoms with Crippen LogP contribution in [0, 0.1) is 0 Å². The molecule has 0 fully saturated rings. The number of hydrogen-bond donors (Lipinski definition) is 3. The Morgan fingerprint density at radius 1 is 1.42 bits per heavy atom. The van der Waals surface area contributed by atoms with Crippen LogP contribution in [0.1, 0.15) is 18.9 Å². The maximum absolute atomic E-state index is 9.39. The van der Waals surface area contributed by atoms with Crippen molar-refractivity contribution in [2.45, 2.75) is 19.8 Å². The molecule has 0 spiro atoms. The summed E-state index contributed by atoms with van der Waals surface area (Å²) in [4.78, 5) is 4.43. The summed E-state index contributed by atoms with van der Waals surface area (Å²) >= 11 is 0. The molecule has 0 aliphatic heterocycles. The molecular formula is C15H23N3O. The standard InChI is InChI=1S/C15H23N3O/c1-3-9-16-15(17-10-4-2)18-11-8-13-6-5-7-14(19)12-13/h3,5-7,12,19H,1,4,8-11H2,2H3,(H2,16,17,18). The number of benzene rings is 1. The van der Waals surface area contributed by atoms with Crippen LogP contribution in [0.5, 0.6) is 5.75 Å². The molecule has 1 aromatic rings. The Balaban J connectivity index is 2.40. The number of aromatic hydroxyl groups is 1. The van der Waals surface area contributed by atoms with Gasteiger partial charge in [-0.3, -0.25) is 4.99 Å². The Labute approximate surface area is 115 Å². The first-order valence-corrected chi connectivity index (χ1v) is 6.67. The monoisotopic (exact) mass is 261 g/mol. The predicted molar refractivity (Wildman–Crippen MR) is 80.6 cm³/mol. The Morgan fingerprint density at radius 2 is 2.26 bits per heavy atom. The third-order valence-corrected chi connectivity index (χ3v) is 2.52. The molecule has 3 N–H and O–H groups in total. The number of nitrogens with one attached hydrogen (secondary N) is 2. The predicted octanol–water partition coefficient (Wildman–Crippen LogP) is 2.07. The van der Waals surface area contributed by atoms with Gasteiger partial charge >= 0.3 is 0 Å². The minimum absolute atomic E-state index is 0.308. The van der Waals surface area contributed by atoms with E-state index in [0.29, 0.717) is 12.3 Å². The average Bonchev–Trinajstić information content (AvgIpc) is 2.41. The average molecular weight is 261 g/mol. The molecule has 0 saturated carbocycles. The zero-order valence-corrected chi connectivity index (χ0v) is 11.5. The molecule has 104 valence electrons. The summed E-state index contributed by atoms with van der Waals surface area (Å²) in [5, 5.41) is 15.8. The van der Waals surface area contributed by atoms with Crippen molar-refractivity contribution in [3.8, 4) is 5.75 Å². The Morgan fingerprint density at radius 3 is 2.95 bits per heavy atom. The summed E-state index contributed by atoms with van der Waals surface area (Å²) in [5.41, 5.74) is 1.10. The van der Waals surface area contributed by atoms with E-state index in [1.54, 1.807) is 18.2 Å². The summed E-state index contributed by atoms with van der Waals surface area (Å²) in [7, 11) is 0. The number of aliphatic imine (C=N–C) groups is 1. The van der Waals surface area contributed by atoms with Gasteiger partial charge in [0, 0.05) is 19.6 Å². The molecule has 0 heterocycles. The molecule has 0 amide bonds. The van der Waals surface area contributed by atoms with Crippen molar-refractivity contribution in [2.24, 2.45) is 4.99 Å². The lowest BCUT2D eigenvalue weighted by molar-refractivity contribution is 0.474. The lowest BCUT2D eigenvalue weighted by atomic mass is 10.1. The first-order valence-electron chi connectivity index (χ1n) is 6.67. The molecule has 0 saturated heterocycles. The first-order chi connectivity index (χ1) is 9.26. The molecule has 4 heteroatoms. The molecule has 0 atom stereocenters. The quantitative estimate of drug-likeness (QED) is 0.400. The van der Waals surface area contributed by atoms with E-state index in [1.807, 2.05) is 12.1 Å². The van der Waals surface area contributed by atoms with Crippen LogP contribution in [0.25, 0.3) is 0 Å². The normalized spacial score (nSPS) is 11.1. The third-order valence-electron chi connectivity index (χ3n) is 2.52. The molecular weight excluding hydrogens is 238 g/mol. The summed E-state index contributed by atoms with van der Waals surface area (Å²) in [6.07, 6.45) is 3.67. The minimum Gasteiger partial charge on any atom is -0.508 e. The van der Waals surface area contributed by atoms with E-state index < -0.39 is 0 Å². The van der Waals surface area contributed by atoms with Gasteiger partial charge in [0.05, 0.1) is 0 Å². The van der Waals surface area contributed by atoms with Gasteiger partial charge in [0.1, 0.15) is 5.75 Å². The zero-order valence-electron chi connectivity index (χ0n) is 11.5. The van der Waals surface area contributed by atoms with Gasteiger partial charge in [-0.05, 0) is 30.5 Å². The van der Waals surface area contributed by atoms with E-state index in [2.05, 4.69) is 29.1 Å². The Hall–Kier alpha value is -1.97. The van der Waals surface area contributed by atoms with Gasteiger partial charge in [0.2, 0.25) is 0 Å². The van der Waals surface area contributed by atoms with E-state index in [1.165, 1.54) is 0 Å². The molecule has 0 unspecified atom stereocenters. The van der Waals surface area contributed by atoms with Crippen LogP contribution < -0.4 is 10.6 Å². The highest BCUT2D eigenvalue weighted by Gasteiger charge is 1.98. The van der Waals surface area contributed by atoms with E-state index in [4.69, 9.17) is 0 Å². The number of phenols is 1. The van der Waals surface area contributed by atoms with E-state index >= 15 is 0 Å². The summed E-state index contributed by atoms with van der Waals surface area (Å²) in [5.74, 6) is 1.11. The second kappa shape index (κ2) is 9.03. The van der Waals surface area contributed by atoms with Crippen molar-refractivity contribution in [1.82, 2.24) is 10.6 Å². The fourth-order valence-corrected chi connectivity index (χ4v) is 1.60. The molecule has 0 aliphatic carbocycles. The molecule has 1 rings (SSSR count). The van der Waals surface area contributed by atoms with Crippen LogP contribution in [-0.2, 0) is 6.42 Å². The Kier molecular flexibility index (Phi) is 7.17. The van der Waals surface area contributed by atoms with E-state index in [9.17, 15) is 5.11 Å². The van der Waals surface area contributed by atoms with Gasteiger partial charge < -0.3 is 15.7 Å². The summed E-state index contributed by atoms with van der Waals surface area (Å²) in [6, 6.07) is 7.31. The molecule has 0 aromatic heterocycles. The maximum atomic E-state index is 9.39. The topological polar surface area (TPSA) is 56.7 Å². The van der Waals surface area contributed by atoms with Gasteiger partial charge in [-0.1, -0.05) is 25.1 Å². The molecule has 0 bridgehead atoms. The van der Waals surface area contributed by atoms with E-state index in [0.717, 1.165) is 37.5 Å². The smallest absolute Gasteiger partial charge is 0.191 e. The van der Waals surface area contributed by atoms with Gasteiger partial charge in [-0.25, -0.2) is 0 Å². The highest BCUT2D eigenvalue weighted by Crippen LogP contribution is 2.10. The molecule has 4 nitrogen and oxygen atoms in total. The van der Waals surface area contributed by atoms with E-state index in [-0.39, 0.29) is 0 Å². The SMILES string of the molecule is C=CCNC(=NCCC)NCCc1cccc(O)c1. The molecule has 19 heavy (non-hydrogen) atoms. The lowest BCUT2D eigenvalue weighted by Crippen LogP contribution is -2.38. The van der Waals surface area contributed by atoms with Crippen LogP contribution >= 0.6 is 0 Å². The molecule has 0 aliphatic rings. The minimum atomic E-state index is 0.308. The number of guanidine groups is 1. The molecule has 0 radical (unpaired) electrons. The van der Waals surface area contributed by atoms with Crippen molar-refractivity contribution >= 4 is 5.96 Å². The highest BCUT2D eigenvalue weighted by atomic mass is 16.3. The number of hydrogen-bond acceptors (Lipinski definition) is 2. The summed E-state index contributed by atoms with van der Waals surface area (Å²) < 4.78 is 0. The third kappa shape index (κ3) is 6.50. The number of nitrogens with zero attached hydrogens (tertiary/aromatic N) is 1. The fourth-order valence-electron chi connectivity index (χ4n) is 1.60. The number of rotatable bonds is 7. The lowest BCUT2D eigenvalue weighted by Gasteiger charge is -2.11. The van der Waals surface area contributed by atoms with Crippen molar-refractivity contribution in [3.05, 3.63) is 42.5 Å². The van der Waals surface area contributed by atoms with Crippen molar-refractivity contribution in [1.29, 1.82) is 0 Å². The zero-order chi connectivity index (χ0) is 13.9. The first kappa shape index (κ1) is 15.1. The maximum Gasteiger partial charge on any atom is 0.191 e. The molecule has 1 aromatic carbocycles. The van der Waals surface area contributed by atoms with Gasteiger partial charge in [-0.2, -0.15) is 0 Å². The van der Waals surface area contributed by atoms with Crippen LogP contribution in [0.3, 0.4) is 0 Å². The van der Waals surface area contributed by atoms with Crippen LogP contribution in [-0.4, -0.2) is 30.7 Å². The number of phenolic OH excluding ortho intramolecular Hbond substituents is 1. The van der Waals surface area contributed by atoms with Crippen LogP contribution in [0.2, 0.25) is 0 Å². The van der Waals surface area contributed by atoms with Crippen molar-refractivity contribution < 1.29 is 5.11 Å². The summed E-state index contributed by atoms with van der Waals surface area (Å²) in [6.45, 7) is 8.05. The van der Waals surface area contributed by atoms with Crippen LogP contribution in [0.15, 0.2) is 41.9 Å². The second-order valence-corrected chi connectivity index (χ2v) is 4.25. The second-order valence-electron chi connectivity index (χ2n) is 4.25. The van der Waals surface area contributed by atoms with Gasteiger partial charge in [-0.15, -0.1) is 6.58 Å². The fraction of sp³-hybridized carbons (Fsp3) is 0.400. The van der Waals surface area contributed by atoms with Crippen molar-refractivity contribution in [3.63, 3.8) is 0 Å². The van der Waals surface area contributed by atoms with Gasteiger partial charge in [0.15, 0.2) is 5.96 Å². The van der Waals surface area contributed by atoms with Gasteiger partial charge in [0.25, 0.3) is 0 Å². The van der Waals surface area contributed by atoms with Crippen molar-refractivity contribution in [2.75, 3.05) is 19.6 Å².